The van der Waals surface area contributed by atoms with E-state index in [0.717, 1.165) is 0 Å². The zero-order chi connectivity index (χ0) is 50.8. The lowest BCUT2D eigenvalue weighted by Crippen LogP contribution is -2.61. The molecular formula is C66H61BN2S4. The molecule has 362 valence electrons. The molecule has 2 nitrogen and oxygen atoms in total. The normalized spacial score (nSPS) is 13.7. The Labute approximate surface area is 447 Å². The Hall–Kier alpha value is -5.96. The maximum absolute atomic E-state index is 2.75. The highest BCUT2D eigenvalue weighted by molar-refractivity contribution is 7.29. The van der Waals surface area contributed by atoms with Crippen LogP contribution in [0, 0.1) is 27.7 Å². The second-order valence-electron chi connectivity index (χ2n) is 23.9. The van der Waals surface area contributed by atoms with Gasteiger partial charge in [0, 0.05) is 52.1 Å². The maximum atomic E-state index is 2.75. The zero-order valence-corrected chi connectivity index (χ0v) is 47.6. The first kappa shape index (κ1) is 46.8. The van der Waals surface area contributed by atoms with Gasteiger partial charge in [-0.25, -0.2) is 0 Å². The molecule has 0 unspecified atom stereocenters. The van der Waals surface area contributed by atoms with Gasteiger partial charge in [0.15, 0.2) is 0 Å². The number of hydrogen-bond donors (Lipinski definition) is 0. The second kappa shape index (κ2) is 16.3. The van der Waals surface area contributed by atoms with E-state index in [4.69, 9.17) is 0 Å². The summed E-state index contributed by atoms with van der Waals surface area (Å²) in [6.45, 7) is 30.8. The van der Waals surface area contributed by atoms with E-state index in [-0.39, 0.29) is 23.0 Å². The van der Waals surface area contributed by atoms with Gasteiger partial charge >= 0.3 is 0 Å². The van der Waals surface area contributed by atoms with Crippen molar-refractivity contribution in [2.45, 2.75) is 106 Å². The molecule has 0 aliphatic carbocycles. The highest BCUT2D eigenvalue weighted by Crippen LogP contribution is 2.55. The number of hydrogen-bond acceptors (Lipinski definition) is 6. The molecule has 0 saturated heterocycles. The fourth-order valence-corrected chi connectivity index (χ4v) is 16.6. The fourth-order valence-electron chi connectivity index (χ4n) is 12.2. The third-order valence-electron chi connectivity index (χ3n) is 16.2. The van der Waals surface area contributed by atoms with Gasteiger partial charge in [0.2, 0.25) is 0 Å². The lowest BCUT2D eigenvalue weighted by Gasteiger charge is -2.44. The second-order valence-corrected chi connectivity index (χ2v) is 27.8. The molecule has 0 N–H and O–H groups in total. The molecule has 73 heavy (non-hydrogen) atoms. The number of thiophene rings is 4. The molecule has 0 amide bonds. The minimum Gasteiger partial charge on any atom is -0.302 e. The van der Waals surface area contributed by atoms with E-state index in [0.29, 0.717) is 0 Å². The van der Waals surface area contributed by atoms with Crippen LogP contribution in [0.5, 0.6) is 0 Å². The minimum absolute atomic E-state index is 0.0151. The van der Waals surface area contributed by atoms with Crippen LogP contribution in [0.4, 0.5) is 32.8 Å². The lowest BCUT2D eigenvalue weighted by molar-refractivity contribution is 0.590. The molecule has 0 fully saturated rings. The number of fused-ring (bicyclic) bond motifs is 10. The Balaban J connectivity index is 1.20. The predicted octanol–water partition coefficient (Wildman–Crippen LogP) is 19.1. The molecule has 0 saturated carbocycles. The highest BCUT2D eigenvalue weighted by Gasteiger charge is 2.49. The smallest absolute Gasteiger partial charge is 0.256 e. The van der Waals surface area contributed by atoms with Gasteiger partial charge in [-0.2, -0.15) is 0 Å². The van der Waals surface area contributed by atoms with Crippen LogP contribution >= 0.6 is 45.3 Å². The van der Waals surface area contributed by atoms with Crippen LogP contribution in [0.3, 0.4) is 0 Å². The van der Waals surface area contributed by atoms with Crippen LogP contribution in [-0.4, -0.2) is 6.71 Å². The van der Waals surface area contributed by atoms with Crippen molar-refractivity contribution in [3.8, 4) is 22.3 Å². The van der Waals surface area contributed by atoms with Crippen molar-refractivity contribution < 1.29 is 0 Å². The molecule has 6 heterocycles. The van der Waals surface area contributed by atoms with Gasteiger partial charge < -0.3 is 9.80 Å². The first-order valence-electron chi connectivity index (χ1n) is 25.8. The molecule has 0 atom stereocenters. The van der Waals surface area contributed by atoms with Gasteiger partial charge in [0.1, 0.15) is 0 Å². The Morgan fingerprint density at radius 1 is 0.384 bits per heavy atom. The number of aryl methyl sites for hydroxylation is 2. The van der Waals surface area contributed by atoms with Crippen LogP contribution in [0.25, 0.3) is 62.6 Å². The van der Waals surface area contributed by atoms with E-state index in [1.54, 1.807) is 0 Å². The van der Waals surface area contributed by atoms with E-state index in [1.807, 2.05) is 45.3 Å². The first-order chi connectivity index (χ1) is 34.8. The highest BCUT2D eigenvalue weighted by atomic mass is 32.1. The van der Waals surface area contributed by atoms with E-state index >= 15 is 0 Å². The molecule has 0 spiro atoms. The Morgan fingerprint density at radius 3 is 1.21 bits per heavy atom. The number of anilines is 6. The molecule has 4 aromatic heterocycles. The minimum atomic E-state index is -0.147. The van der Waals surface area contributed by atoms with Crippen molar-refractivity contribution >= 4 is 142 Å². The van der Waals surface area contributed by atoms with Gasteiger partial charge in [-0.15, -0.1) is 45.3 Å². The molecule has 2 aliphatic heterocycles. The van der Waals surface area contributed by atoms with Gasteiger partial charge in [-0.3, -0.25) is 0 Å². The molecule has 2 aliphatic rings. The van der Waals surface area contributed by atoms with Crippen molar-refractivity contribution in [1.82, 2.24) is 0 Å². The molecule has 7 aromatic carbocycles. The summed E-state index contributed by atoms with van der Waals surface area (Å²) in [5.41, 5.74) is 23.7. The third-order valence-corrected chi connectivity index (χ3v) is 20.4. The largest absolute Gasteiger partial charge is 0.302 e. The lowest BCUT2D eigenvalue weighted by atomic mass is 9.33. The number of benzene rings is 7. The van der Waals surface area contributed by atoms with Crippen molar-refractivity contribution in [2.75, 3.05) is 9.80 Å². The SMILES string of the molecule is Cc1ccc(-c2csc3ccccc23)c(C)c1N1c2cc(C(C)(C)C)cc3c2B(c2c1sc1ccc(C(C)(C)C)cc21)c1c(sc2ccc(C(C)(C)C)cc12)N3c1c(C)ccc(-c2csc3ccccc23)c1C. The van der Waals surface area contributed by atoms with E-state index in [2.05, 4.69) is 232 Å². The van der Waals surface area contributed by atoms with E-state index < -0.39 is 0 Å². The summed E-state index contributed by atoms with van der Waals surface area (Å²) in [5, 5.41) is 12.8. The standard InChI is InChI=1S/C66H61BN2S4/c1-36-22-26-43(49-34-70-53-20-16-14-18-45(49)53)38(3)60(36)68-51-32-42(66(11,12)13)33-52-59(51)67(57-47-30-40(64(5,6)7)24-28-55(47)72-62(57)68)58-48-31-41(65(8,9)10)25-29-56(48)73-63(58)69(52)61-37(2)23-27-44(39(61)4)50-35-71-54-21-17-15-19-46(50)54/h14-35H,1-13H3. The van der Waals surface area contributed by atoms with E-state index in [1.165, 1.54) is 151 Å². The van der Waals surface area contributed by atoms with Crippen LogP contribution in [0.1, 0.15) is 101 Å². The molecule has 13 rings (SSSR count). The van der Waals surface area contributed by atoms with Gasteiger partial charge in [0.05, 0.1) is 21.4 Å². The molecule has 0 bridgehead atoms. The van der Waals surface area contributed by atoms with Crippen LogP contribution in [0.2, 0.25) is 0 Å². The summed E-state index contributed by atoms with van der Waals surface area (Å²) in [6, 6.07) is 47.3. The summed E-state index contributed by atoms with van der Waals surface area (Å²) in [7, 11) is 0. The van der Waals surface area contributed by atoms with Crippen LogP contribution in [-0.2, 0) is 16.2 Å². The average Bonchev–Trinajstić information content (AvgIpc) is 4.15. The number of rotatable bonds is 4. The van der Waals surface area contributed by atoms with Crippen LogP contribution in [0.15, 0.2) is 132 Å². The topological polar surface area (TPSA) is 6.48 Å². The average molecular weight is 1020 g/mol. The maximum Gasteiger partial charge on any atom is 0.256 e. The van der Waals surface area contributed by atoms with Gasteiger partial charge in [0.25, 0.3) is 6.71 Å². The Morgan fingerprint density at radius 2 is 0.795 bits per heavy atom. The van der Waals surface area contributed by atoms with Crippen molar-refractivity contribution in [3.05, 3.63) is 171 Å². The van der Waals surface area contributed by atoms with E-state index in [9.17, 15) is 0 Å². The molecule has 11 aromatic rings. The van der Waals surface area contributed by atoms with Gasteiger partial charge in [-0.05, 0) is 168 Å². The fraction of sp³-hybridized carbons (Fsp3) is 0.242. The monoisotopic (exact) mass is 1020 g/mol. The molecular weight excluding hydrogens is 960 g/mol. The third kappa shape index (κ3) is 7.05. The van der Waals surface area contributed by atoms with Crippen molar-refractivity contribution in [3.63, 3.8) is 0 Å². The van der Waals surface area contributed by atoms with Crippen molar-refractivity contribution in [2.24, 2.45) is 0 Å². The first-order valence-corrected chi connectivity index (χ1v) is 29.2. The number of nitrogens with zero attached hydrogens (tertiary/aromatic N) is 2. The Kier molecular flexibility index (Phi) is 10.4. The summed E-state index contributed by atoms with van der Waals surface area (Å²) in [4.78, 5) is 5.49. The molecule has 7 heteroatoms. The molecule has 0 radical (unpaired) electrons. The Bertz CT molecular complexity index is 3860. The summed E-state index contributed by atoms with van der Waals surface area (Å²) in [6.07, 6.45) is 0. The van der Waals surface area contributed by atoms with Crippen LogP contribution < -0.4 is 26.2 Å². The van der Waals surface area contributed by atoms with Crippen molar-refractivity contribution in [1.29, 1.82) is 0 Å². The summed E-state index contributed by atoms with van der Waals surface area (Å²) in [5.74, 6) is 0. The summed E-state index contributed by atoms with van der Waals surface area (Å²) >= 11 is 7.66. The zero-order valence-electron chi connectivity index (χ0n) is 44.3. The van der Waals surface area contributed by atoms with Gasteiger partial charge in [-0.1, -0.05) is 147 Å². The summed E-state index contributed by atoms with van der Waals surface area (Å²) < 4.78 is 5.32. The quantitative estimate of drug-likeness (QED) is 0.162. The predicted molar refractivity (Wildman–Crippen MR) is 328 cm³/mol.